The van der Waals surface area contributed by atoms with Crippen LogP contribution >= 0.6 is 11.6 Å². The summed E-state index contributed by atoms with van der Waals surface area (Å²) in [6, 6.07) is 15.3. The summed E-state index contributed by atoms with van der Waals surface area (Å²) in [5.74, 6) is 0. The summed E-state index contributed by atoms with van der Waals surface area (Å²) in [7, 11) is 1.93. The minimum absolute atomic E-state index is 0.472. The van der Waals surface area contributed by atoms with Crippen molar-refractivity contribution in [2.45, 2.75) is 6.54 Å². The summed E-state index contributed by atoms with van der Waals surface area (Å²) in [5.41, 5.74) is 8.90. The molecule has 0 spiro atoms. The van der Waals surface area contributed by atoms with Crippen LogP contribution in [0.25, 0.3) is 0 Å². The Hall–Kier alpha value is -2.18. The molecule has 0 aromatic heterocycles. The first-order valence-corrected chi connectivity index (χ1v) is 6.24. The Balaban J connectivity index is 2.28. The molecule has 0 radical (unpaired) electrons. The Morgan fingerprint density at radius 1 is 1.26 bits per heavy atom. The van der Waals surface area contributed by atoms with Crippen LogP contribution < -0.4 is 10.6 Å². The topological polar surface area (TPSA) is 53.0 Å². The Morgan fingerprint density at radius 2 is 2.00 bits per heavy atom. The zero-order valence-electron chi connectivity index (χ0n) is 10.6. The SMILES string of the molecule is CN(Cc1cccc(N)c1)c1cccc(Cl)c1C#N. The third-order valence-corrected chi connectivity index (χ3v) is 3.20. The molecule has 19 heavy (non-hydrogen) atoms. The van der Waals surface area contributed by atoms with Crippen LogP contribution in [0.5, 0.6) is 0 Å². The summed E-state index contributed by atoms with van der Waals surface area (Å²) in [5, 5.41) is 9.65. The predicted octanol–water partition coefficient (Wildman–Crippen LogP) is 3.43. The van der Waals surface area contributed by atoms with E-state index in [1.807, 2.05) is 48.3 Å². The van der Waals surface area contributed by atoms with Gasteiger partial charge in [-0.05, 0) is 29.8 Å². The number of nitriles is 1. The number of benzene rings is 2. The Bertz CT molecular complexity index is 632. The standard InChI is InChI=1S/C15H14ClN3/c1-19(10-11-4-2-5-12(18)8-11)15-7-3-6-14(16)13(15)9-17/h2-8H,10,18H2,1H3. The summed E-state index contributed by atoms with van der Waals surface area (Å²) in [4.78, 5) is 1.99. The lowest BCUT2D eigenvalue weighted by Gasteiger charge is -2.21. The van der Waals surface area contributed by atoms with Gasteiger partial charge < -0.3 is 10.6 Å². The van der Waals surface area contributed by atoms with Crippen molar-refractivity contribution in [2.24, 2.45) is 0 Å². The van der Waals surface area contributed by atoms with E-state index >= 15 is 0 Å². The van der Waals surface area contributed by atoms with Gasteiger partial charge in [0.15, 0.2) is 0 Å². The zero-order valence-corrected chi connectivity index (χ0v) is 11.4. The first kappa shape index (κ1) is 13.3. The van der Waals surface area contributed by atoms with Crippen molar-refractivity contribution in [3.63, 3.8) is 0 Å². The smallest absolute Gasteiger partial charge is 0.103 e. The first-order valence-electron chi connectivity index (χ1n) is 5.86. The van der Waals surface area contributed by atoms with Crippen LogP contribution in [0.2, 0.25) is 5.02 Å². The van der Waals surface area contributed by atoms with Gasteiger partial charge in [0.1, 0.15) is 6.07 Å². The summed E-state index contributed by atoms with van der Waals surface area (Å²) in [6.07, 6.45) is 0. The Kier molecular flexibility index (Phi) is 3.94. The van der Waals surface area contributed by atoms with Crippen LogP contribution in [0.15, 0.2) is 42.5 Å². The fraction of sp³-hybridized carbons (Fsp3) is 0.133. The molecule has 0 aliphatic heterocycles. The lowest BCUT2D eigenvalue weighted by molar-refractivity contribution is 0.921. The average molecular weight is 272 g/mol. The first-order chi connectivity index (χ1) is 9.11. The molecule has 2 aromatic carbocycles. The second-order valence-corrected chi connectivity index (χ2v) is 4.75. The third kappa shape index (κ3) is 2.98. The molecule has 0 atom stereocenters. The normalized spacial score (nSPS) is 9.95. The van der Waals surface area contributed by atoms with E-state index in [0.717, 1.165) is 16.9 Å². The molecule has 96 valence electrons. The van der Waals surface area contributed by atoms with E-state index in [2.05, 4.69) is 6.07 Å². The van der Waals surface area contributed by atoms with E-state index in [1.54, 1.807) is 6.07 Å². The number of rotatable bonds is 3. The molecular formula is C15H14ClN3. The van der Waals surface area contributed by atoms with E-state index < -0.39 is 0 Å². The predicted molar refractivity (Wildman–Crippen MR) is 79.1 cm³/mol. The van der Waals surface area contributed by atoms with Crippen LogP contribution in [0, 0.1) is 11.3 Å². The average Bonchev–Trinajstić information content (AvgIpc) is 2.38. The van der Waals surface area contributed by atoms with Gasteiger partial charge in [0.25, 0.3) is 0 Å². The van der Waals surface area contributed by atoms with Gasteiger partial charge in [-0.15, -0.1) is 0 Å². The van der Waals surface area contributed by atoms with Crippen LogP contribution in [-0.4, -0.2) is 7.05 Å². The molecule has 0 saturated carbocycles. The van der Waals surface area contributed by atoms with E-state index in [1.165, 1.54) is 0 Å². The highest BCUT2D eigenvalue weighted by molar-refractivity contribution is 6.32. The van der Waals surface area contributed by atoms with Crippen LogP contribution in [0.4, 0.5) is 11.4 Å². The van der Waals surface area contributed by atoms with E-state index in [9.17, 15) is 5.26 Å². The fourth-order valence-corrected chi connectivity index (χ4v) is 2.20. The van der Waals surface area contributed by atoms with E-state index in [0.29, 0.717) is 17.1 Å². The molecule has 0 fully saturated rings. The second kappa shape index (κ2) is 5.64. The summed E-state index contributed by atoms with van der Waals surface area (Å²) < 4.78 is 0. The van der Waals surface area contributed by atoms with Gasteiger partial charge in [-0.25, -0.2) is 0 Å². The number of nitrogen functional groups attached to an aromatic ring is 1. The van der Waals surface area contributed by atoms with Crippen molar-refractivity contribution in [1.82, 2.24) is 0 Å². The fourth-order valence-electron chi connectivity index (χ4n) is 1.99. The molecular weight excluding hydrogens is 258 g/mol. The zero-order chi connectivity index (χ0) is 13.8. The molecule has 0 heterocycles. The minimum Gasteiger partial charge on any atom is -0.399 e. The number of hydrogen-bond donors (Lipinski definition) is 1. The largest absolute Gasteiger partial charge is 0.399 e. The maximum Gasteiger partial charge on any atom is 0.103 e. The van der Waals surface area contributed by atoms with Gasteiger partial charge in [0.2, 0.25) is 0 Å². The van der Waals surface area contributed by atoms with E-state index in [-0.39, 0.29) is 0 Å². The Labute approximate surface area is 117 Å². The van der Waals surface area contributed by atoms with E-state index in [4.69, 9.17) is 17.3 Å². The molecule has 4 heteroatoms. The van der Waals surface area contributed by atoms with Crippen molar-refractivity contribution >= 4 is 23.0 Å². The highest BCUT2D eigenvalue weighted by Crippen LogP contribution is 2.27. The van der Waals surface area contributed by atoms with Crippen LogP contribution in [-0.2, 0) is 6.54 Å². The number of nitrogens with zero attached hydrogens (tertiary/aromatic N) is 2. The molecule has 0 aliphatic carbocycles. The molecule has 0 aliphatic rings. The van der Waals surface area contributed by atoms with Crippen molar-refractivity contribution in [3.8, 4) is 6.07 Å². The van der Waals surface area contributed by atoms with Crippen molar-refractivity contribution in [1.29, 1.82) is 5.26 Å². The Morgan fingerprint density at radius 3 is 2.68 bits per heavy atom. The van der Waals surface area contributed by atoms with Gasteiger partial charge in [-0.2, -0.15) is 5.26 Å². The van der Waals surface area contributed by atoms with Crippen LogP contribution in [0.3, 0.4) is 0 Å². The van der Waals surface area contributed by atoms with Crippen molar-refractivity contribution in [2.75, 3.05) is 17.7 Å². The summed E-state index contributed by atoms with van der Waals surface area (Å²) >= 11 is 6.03. The van der Waals surface area contributed by atoms with Gasteiger partial charge in [0.05, 0.1) is 16.3 Å². The molecule has 2 rings (SSSR count). The quantitative estimate of drug-likeness (QED) is 0.870. The van der Waals surface area contributed by atoms with Gasteiger partial charge in [-0.1, -0.05) is 29.8 Å². The molecule has 0 bridgehead atoms. The molecule has 0 saturated heterocycles. The maximum atomic E-state index is 9.18. The van der Waals surface area contributed by atoms with Crippen molar-refractivity contribution < 1.29 is 0 Å². The maximum absolute atomic E-state index is 9.18. The van der Waals surface area contributed by atoms with Crippen molar-refractivity contribution in [3.05, 3.63) is 58.6 Å². The third-order valence-electron chi connectivity index (χ3n) is 2.89. The lowest BCUT2D eigenvalue weighted by atomic mass is 10.1. The lowest BCUT2D eigenvalue weighted by Crippen LogP contribution is -2.17. The molecule has 2 N–H and O–H groups in total. The monoisotopic (exact) mass is 271 g/mol. The highest BCUT2D eigenvalue weighted by atomic mass is 35.5. The van der Waals surface area contributed by atoms with Gasteiger partial charge in [-0.3, -0.25) is 0 Å². The molecule has 2 aromatic rings. The minimum atomic E-state index is 0.472. The van der Waals surface area contributed by atoms with Gasteiger partial charge in [0, 0.05) is 19.3 Å². The summed E-state index contributed by atoms with van der Waals surface area (Å²) in [6.45, 7) is 0.667. The van der Waals surface area contributed by atoms with Gasteiger partial charge >= 0.3 is 0 Å². The second-order valence-electron chi connectivity index (χ2n) is 4.35. The number of hydrogen-bond acceptors (Lipinski definition) is 3. The molecule has 0 unspecified atom stereocenters. The highest BCUT2D eigenvalue weighted by Gasteiger charge is 2.10. The molecule has 0 amide bonds. The van der Waals surface area contributed by atoms with Crippen LogP contribution in [0.1, 0.15) is 11.1 Å². The number of nitrogens with two attached hydrogens (primary N) is 1. The number of halogens is 1. The molecule has 3 nitrogen and oxygen atoms in total. The number of anilines is 2.